The molecule has 1 aliphatic carbocycles. The fourth-order valence-corrected chi connectivity index (χ4v) is 4.98. The molecule has 5 nitrogen and oxygen atoms in total. The zero-order valence-corrected chi connectivity index (χ0v) is 21.5. The van der Waals surface area contributed by atoms with Gasteiger partial charge in [-0.3, -0.25) is 9.59 Å². The van der Waals surface area contributed by atoms with Gasteiger partial charge in [-0.1, -0.05) is 96.7 Å². The Bertz CT molecular complexity index is 1150. The Labute approximate surface area is 222 Å². The maximum atomic E-state index is 13.6. The van der Waals surface area contributed by atoms with Crippen LogP contribution in [0, 0.1) is 0 Å². The van der Waals surface area contributed by atoms with Gasteiger partial charge in [-0.2, -0.15) is 0 Å². The molecule has 0 saturated heterocycles. The molecular formula is C29H30Cl2N2O3. The molecule has 0 aromatic heterocycles. The van der Waals surface area contributed by atoms with E-state index in [1.807, 2.05) is 60.7 Å². The Balaban J connectivity index is 1.60. The predicted molar refractivity (Wildman–Crippen MR) is 143 cm³/mol. The maximum Gasteiger partial charge on any atom is 0.261 e. The lowest BCUT2D eigenvalue weighted by atomic mass is 10.0. The highest BCUT2D eigenvalue weighted by Gasteiger charge is 2.32. The fourth-order valence-electron chi connectivity index (χ4n) is 4.52. The van der Waals surface area contributed by atoms with Crippen LogP contribution in [0.25, 0.3) is 0 Å². The molecule has 36 heavy (non-hydrogen) atoms. The van der Waals surface area contributed by atoms with Gasteiger partial charge in [0.2, 0.25) is 5.91 Å². The van der Waals surface area contributed by atoms with Crippen LogP contribution < -0.4 is 10.1 Å². The molecule has 0 heterocycles. The summed E-state index contributed by atoms with van der Waals surface area (Å²) in [5.41, 5.74) is 1.92. The number of hydrogen-bond acceptors (Lipinski definition) is 3. The number of hydrogen-bond donors (Lipinski definition) is 1. The third kappa shape index (κ3) is 7.25. The van der Waals surface area contributed by atoms with E-state index in [-0.39, 0.29) is 31.0 Å². The van der Waals surface area contributed by atoms with E-state index in [2.05, 4.69) is 5.32 Å². The average molecular weight is 525 g/mol. The van der Waals surface area contributed by atoms with Gasteiger partial charge in [0.1, 0.15) is 11.8 Å². The Morgan fingerprint density at radius 1 is 0.917 bits per heavy atom. The summed E-state index contributed by atoms with van der Waals surface area (Å²) < 4.78 is 5.77. The second kappa shape index (κ2) is 12.8. The van der Waals surface area contributed by atoms with Crippen LogP contribution in [0.2, 0.25) is 10.0 Å². The summed E-state index contributed by atoms with van der Waals surface area (Å²) in [4.78, 5) is 28.9. The van der Waals surface area contributed by atoms with E-state index in [1.54, 1.807) is 23.1 Å². The first-order valence-electron chi connectivity index (χ1n) is 12.2. The molecule has 3 aromatic carbocycles. The molecule has 3 aromatic rings. The first-order chi connectivity index (χ1) is 17.5. The van der Waals surface area contributed by atoms with E-state index in [9.17, 15) is 9.59 Å². The molecular weight excluding hydrogens is 495 g/mol. The maximum absolute atomic E-state index is 13.6. The lowest BCUT2D eigenvalue weighted by molar-refractivity contribution is -0.143. The summed E-state index contributed by atoms with van der Waals surface area (Å²) in [5, 5.41) is 4.01. The number of nitrogens with one attached hydrogen (secondary N) is 1. The van der Waals surface area contributed by atoms with Crippen molar-refractivity contribution in [2.45, 2.75) is 50.7 Å². The number of nitrogens with zero attached hydrogens (tertiary/aromatic N) is 1. The van der Waals surface area contributed by atoms with Gasteiger partial charge in [0.05, 0.1) is 5.02 Å². The molecule has 1 aliphatic rings. The number of ether oxygens (including phenoxy) is 1. The topological polar surface area (TPSA) is 58.6 Å². The Morgan fingerprint density at radius 2 is 1.56 bits per heavy atom. The van der Waals surface area contributed by atoms with E-state index >= 15 is 0 Å². The van der Waals surface area contributed by atoms with Gasteiger partial charge in [-0.15, -0.1) is 0 Å². The second-order valence-corrected chi connectivity index (χ2v) is 9.91. The van der Waals surface area contributed by atoms with Crippen molar-refractivity contribution in [3.63, 3.8) is 0 Å². The Kier molecular flexibility index (Phi) is 9.26. The number of amides is 2. The monoisotopic (exact) mass is 524 g/mol. The third-order valence-corrected chi connectivity index (χ3v) is 6.94. The van der Waals surface area contributed by atoms with E-state index in [1.165, 1.54) is 0 Å². The molecule has 1 saturated carbocycles. The van der Waals surface area contributed by atoms with Crippen molar-refractivity contribution in [2.24, 2.45) is 0 Å². The molecule has 4 rings (SSSR count). The summed E-state index contributed by atoms with van der Waals surface area (Å²) in [6, 6.07) is 23.8. The summed E-state index contributed by atoms with van der Waals surface area (Å²) in [6.07, 6.45) is 4.55. The number of carbonyl (C=O) groups excluding carboxylic acids is 2. The van der Waals surface area contributed by atoms with Crippen molar-refractivity contribution < 1.29 is 14.3 Å². The summed E-state index contributed by atoms with van der Waals surface area (Å²) in [7, 11) is 0. The van der Waals surface area contributed by atoms with Crippen LogP contribution in [0.4, 0.5) is 0 Å². The normalized spacial score (nSPS) is 14.3. The van der Waals surface area contributed by atoms with E-state index in [0.29, 0.717) is 22.2 Å². The van der Waals surface area contributed by atoms with E-state index in [0.717, 1.165) is 36.8 Å². The summed E-state index contributed by atoms with van der Waals surface area (Å²) >= 11 is 12.2. The zero-order valence-electron chi connectivity index (χ0n) is 20.0. The number of carbonyl (C=O) groups is 2. The number of rotatable bonds is 10. The van der Waals surface area contributed by atoms with E-state index < -0.39 is 6.04 Å². The van der Waals surface area contributed by atoms with Gasteiger partial charge in [0, 0.05) is 24.0 Å². The highest BCUT2D eigenvalue weighted by atomic mass is 35.5. The molecule has 0 aliphatic heterocycles. The first kappa shape index (κ1) is 26.1. The van der Waals surface area contributed by atoms with E-state index in [4.69, 9.17) is 27.9 Å². The van der Waals surface area contributed by atoms with Gasteiger partial charge >= 0.3 is 0 Å². The van der Waals surface area contributed by atoms with Crippen LogP contribution >= 0.6 is 23.2 Å². The molecule has 0 unspecified atom stereocenters. The molecule has 2 amide bonds. The minimum absolute atomic E-state index is 0.139. The highest BCUT2D eigenvalue weighted by molar-refractivity contribution is 6.35. The Morgan fingerprint density at radius 3 is 2.19 bits per heavy atom. The van der Waals surface area contributed by atoms with Crippen LogP contribution in [-0.4, -0.2) is 35.4 Å². The molecule has 0 radical (unpaired) electrons. The molecule has 7 heteroatoms. The van der Waals surface area contributed by atoms with Gasteiger partial charge < -0.3 is 15.0 Å². The number of benzene rings is 3. The lowest BCUT2D eigenvalue weighted by Gasteiger charge is -2.32. The van der Waals surface area contributed by atoms with Crippen LogP contribution in [0.3, 0.4) is 0 Å². The molecule has 1 N–H and O–H groups in total. The second-order valence-electron chi connectivity index (χ2n) is 9.07. The van der Waals surface area contributed by atoms with Gasteiger partial charge in [0.15, 0.2) is 6.61 Å². The standard InChI is InChI=1S/C29H30Cl2N2O3/c30-23-15-16-27(25(31)18-23)36-20-28(34)33(19-22-11-5-2-6-12-22)26(17-21-9-3-1-4-10-21)29(35)32-24-13-7-8-14-24/h1-6,9-12,15-16,18,24,26H,7-8,13-14,17,19-20H2,(H,32,35)/t26-/m1/s1. The molecule has 0 spiro atoms. The zero-order chi connectivity index (χ0) is 25.3. The Hall–Kier alpha value is -3.02. The molecule has 188 valence electrons. The van der Waals surface area contributed by atoms with Crippen molar-refractivity contribution >= 4 is 35.0 Å². The average Bonchev–Trinajstić information content (AvgIpc) is 3.39. The lowest BCUT2D eigenvalue weighted by Crippen LogP contribution is -2.53. The quantitative estimate of drug-likeness (QED) is 0.350. The largest absolute Gasteiger partial charge is 0.482 e. The van der Waals surface area contributed by atoms with Crippen LogP contribution in [0.1, 0.15) is 36.8 Å². The molecule has 0 bridgehead atoms. The SMILES string of the molecule is O=C(NC1CCCC1)[C@@H](Cc1ccccc1)N(Cc1ccccc1)C(=O)COc1ccc(Cl)cc1Cl. The summed E-state index contributed by atoms with van der Waals surface area (Å²) in [5.74, 6) is -0.0731. The van der Waals surface area contributed by atoms with Crippen molar-refractivity contribution in [3.05, 3.63) is 100 Å². The highest BCUT2D eigenvalue weighted by Crippen LogP contribution is 2.28. The van der Waals surface area contributed by atoms with Crippen molar-refractivity contribution in [1.29, 1.82) is 0 Å². The van der Waals surface area contributed by atoms with Crippen LogP contribution in [-0.2, 0) is 22.6 Å². The molecule has 1 atom stereocenters. The molecule has 1 fully saturated rings. The third-order valence-electron chi connectivity index (χ3n) is 6.41. The van der Waals surface area contributed by atoms with Crippen molar-refractivity contribution in [1.82, 2.24) is 10.2 Å². The van der Waals surface area contributed by atoms with Gasteiger partial charge in [-0.25, -0.2) is 0 Å². The first-order valence-corrected chi connectivity index (χ1v) is 13.0. The minimum Gasteiger partial charge on any atom is -0.482 e. The van der Waals surface area contributed by atoms with Gasteiger partial charge in [0.25, 0.3) is 5.91 Å². The smallest absolute Gasteiger partial charge is 0.261 e. The van der Waals surface area contributed by atoms with Crippen LogP contribution in [0.15, 0.2) is 78.9 Å². The summed E-state index contributed by atoms with van der Waals surface area (Å²) in [6.45, 7) is 0.0309. The fraction of sp³-hybridized carbons (Fsp3) is 0.310. The van der Waals surface area contributed by atoms with Crippen molar-refractivity contribution in [3.8, 4) is 5.75 Å². The number of halogens is 2. The minimum atomic E-state index is -0.690. The van der Waals surface area contributed by atoms with Crippen LogP contribution in [0.5, 0.6) is 5.75 Å². The van der Waals surface area contributed by atoms with Gasteiger partial charge in [-0.05, 0) is 42.2 Å². The van der Waals surface area contributed by atoms with Crippen molar-refractivity contribution in [2.75, 3.05) is 6.61 Å². The predicted octanol–water partition coefficient (Wildman–Crippen LogP) is 6.07.